The number of amides is 1. The maximum Gasteiger partial charge on any atom is 0.282 e. The van der Waals surface area contributed by atoms with Crippen molar-refractivity contribution in [1.29, 1.82) is 0 Å². The zero-order chi connectivity index (χ0) is 33.8. The van der Waals surface area contributed by atoms with Crippen molar-refractivity contribution in [3.8, 4) is 11.5 Å². The van der Waals surface area contributed by atoms with E-state index < -0.39 is 35.4 Å². The molecule has 2 heterocycles. The Balaban J connectivity index is 0.000000259. The summed E-state index contributed by atoms with van der Waals surface area (Å²) >= 11 is 5.04. The number of nitrogens with two attached hydrogens (primary N) is 1. The SMILES string of the molecule is CC(C)Oc1cccc(N)c1.CC(C)Oc1cccc(NC(=O)c2cn(C)nc2C(F)F)c1.Cn1cc(C(=O)Cl)c(C(F)F)n1. The Kier molecular flexibility index (Phi) is 13.9. The Hall–Kier alpha value is -4.59. The first-order valence-electron chi connectivity index (χ1n) is 13.5. The summed E-state index contributed by atoms with van der Waals surface area (Å²) in [4.78, 5) is 22.7. The van der Waals surface area contributed by atoms with Crippen molar-refractivity contribution in [2.75, 3.05) is 11.1 Å². The van der Waals surface area contributed by atoms with E-state index in [0.717, 1.165) is 22.3 Å². The molecule has 4 aromatic rings. The second-order valence-corrected chi connectivity index (χ2v) is 10.3. The van der Waals surface area contributed by atoms with Crippen molar-refractivity contribution in [2.45, 2.75) is 52.8 Å². The third-order valence-electron chi connectivity index (χ3n) is 5.28. The lowest BCUT2D eigenvalue weighted by molar-refractivity contribution is 0.101. The summed E-state index contributed by atoms with van der Waals surface area (Å²) in [5, 5.41) is 8.66. The zero-order valence-electron chi connectivity index (χ0n) is 25.5. The molecule has 0 radical (unpaired) electrons. The number of carbonyl (C=O) groups excluding carboxylic acids is 2. The number of hydrogen-bond donors (Lipinski definition) is 2. The largest absolute Gasteiger partial charge is 0.491 e. The lowest BCUT2D eigenvalue weighted by atomic mass is 10.2. The molecule has 15 heteroatoms. The molecular weight excluding hydrogens is 620 g/mol. The molecule has 0 saturated heterocycles. The number of nitrogen functional groups attached to an aromatic ring is 1. The van der Waals surface area contributed by atoms with Crippen LogP contribution >= 0.6 is 11.6 Å². The number of benzene rings is 2. The summed E-state index contributed by atoms with van der Waals surface area (Å²) in [6, 6.07) is 14.2. The standard InChI is InChI=1S/C15H17F2N3O2.C9H13NO.C6H5ClF2N2O/c1-9(2)22-11-6-4-5-10(7-11)18-15(21)12-8-20(3)19-13(12)14(16)17;1-7(2)11-9-5-3-4-8(10)6-9;1-11-2-3(5(7)12)4(10-11)6(8)9/h4-9,14H,1-3H3,(H,18,21);3-7H,10H2,1-2H3;2,6H,1H3. The Bertz CT molecular complexity index is 1560. The van der Waals surface area contributed by atoms with Gasteiger partial charge in [-0.2, -0.15) is 10.2 Å². The molecule has 0 saturated carbocycles. The molecule has 0 spiro atoms. The van der Waals surface area contributed by atoms with E-state index in [-0.39, 0.29) is 23.3 Å². The van der Waals surface area contributed by atoms with Crippen LogP contribution in [0.25, 0.3) is 0 Å². The molecule has 2 aromatic heterocycles. The van der Waals surface area contributed by atoms with Gasteiger partial charge in [0.25, 0.3) is 24.0 Å². The van der Waals surface area contributed by atoms with Crippen LogP contribution < -0.4 is 20.5 Å². The number of carbonyl (C=O) groups is 2. The minimum atomic E-state index is -2.81. The Morgan fingerprint density at radius 3 is 1.71 bits per heavy atom. The van der Waals surface area contributed by atoms with Gasteiger partial charge >= 0.3 is 0 Å². The van der Waals surface area contributed by atoms with Gasteiger partial charge in [0.2, 0.25) is 0 Å². The average Bonchev–Trinajstić information content (AvgIpc) is 3.52. The monoisotopic (exact) mass is 654 g/mol. The van der Waals surface area contributed by atoms with Gasteiger partial charge in [0, 0.05) is 50.0 Å². The van der Waals surface area contributed by atoms with E-state index in [4.69, 9.17) is 26.8 Å². The molecule has 3 N–H and O–H groups in total. The van der Waals surface area contributed by atoms with Gasteiger partial charge < -0.3 is 20.5 Å². The van der Waals surface area contributed by atoms with Crippen LogP contribution in [0.15, 0.2) is 60.9 Å². The fourth-order valence-electron chi connectivity index (χ4n) is 3.64. The molecule has 0 atom stereocenters. The Labute approximate surface area is 263 Å². The van der Waals surface area contributed by atoms with Gasteiger partial charge in [-0.05, 0) is 63.6 Å². The summed E-state index contributed by atoms with van der Waals surface area (Å²) in [6.45, 7) is 7.75. The number of aromatic nitrogens is 4. The Morgan fingerprint density at radius 2 is 1.27 bits per heavy atom. The first-order valence-corrected chi connectivity index (χ1v) is 13.9. The normalized spacial score (nSPS) is 10.7. The molecule has 4 rings (SSSR count). The van der Waals surface area contributed by atoms with E-state index in [1.807, 2.05) is 52.0 Å². The number of hydrogen-bond acceptors (Lipinski definition) is 7. The molecule has 0 bridgehead atoms. The molecular formula is C30H35ClF4N6O4. The summed E-state index contributed by atoms with van der Waals surface area (Å²) < 4.78 is 63.2. The van der Waals surface area contributed by atoms with Gasteiger partial charge in [-0.15, -0.1) is 0 Å². The Morgan fingerprint density at radius 1 is 0.800 bits per heavy atom. The minimum absolute atomic E-state index is 0.00490. The van der Waals surface area contributed by atoms with E-state index in [2.05, 4.69) is 15.5 Å². The molecule has 0 aliphatic carbocycles. The predicted molar refractivity (Wildman–Crippen MR) is 163 cm³/mol. The molecule has 10 nitrogen and oxygen atoms in total. The molecule has 45 heavy (non-hydrogen) atoms. The molecule has 0 unspecified atom stereocenters. The molecule has 0 aliphatic heterocycles. The van der Waals surface area contributed by atoms with Crippen LogP contribution in [0.5, 0.6) is 11.5 Å². The van der Waals surface area contributed by atoms with Crippen LogP contribution in [0, 0.1) is 0 Å². The van der Waals surface area contributed by atoms with Gasteiger partial charge in [0.15, 0.2) is 0 Å². The first-order chi connectivity index (χ1) is 21.1. The van der Waals surface area contributed by atoms with Crippen LogP contribution in [0.1, 0.15) is 72.6 Å². The van der Waals surface area contributed by atoms with Crippen molar-refractivity contribution in [3.63, 3.8) is 0 Å². The van der Waals surface area contributed by atoms with Crippen molar-refractivity contribution in [1.82, 2.24) is 19.6 Å². The highest BCUT2D eigenvalue weighted by molar-refractivity contribution is 6.67. The van der Waals surface area contributed by atoms with E-state index in [9.17, 15) is 27.2 Å². The molecule has 2 aromatic carbocycles. The second kappa shape index (κ2) is 17.0. The topological polar surface area (TPSA) is 126 Å². The van der Waals surface area contributed by atoms with E-state index in [1.54, 1.807) is 24.3 Å². The van der Waals surface area contributed by atoms with Crippen molar-refractivity contribution in [3.05, 3.63) is 83.4 Å². The fraction of sp³-hybridized carbons (Fsp3) is 0.333. The smallest absolute Gasteiger partial charge is 0.282 e. The van der Waals surface area contributed by atoms with Gasteiger partial charge in [0.1, 0.15) is 22.9 Å². The van der Waals surface area contributed by atoms with Gasteiger partial charge in [-0.1, -0.05) is 12.1 Å². The van der Waals surface area contributed by atoms with Gasteiger partial charge in [-0.3, -0.25) is 19.0 Å². The van der Waals surface area contributed by atoms with Crippen LogP contribution in [0.2, 0.25) is 0 Å². The number of anilines is 2. The quantitative estimate of drug-likeness (QED) is 0.111. The third-order valence-corrected chi connectivity index (χ3v) is 5.48. The summed E-state index contributed by atoms with van der Waals surface area (Å²) in [5.74, 6) is 0.790. The lowest BCUT2D eigenvalue weighted by Gasteiger charge is -2.11. The lowest BCUT2D eigenvalue weighted by Crippen LogP contribution is -2.13. The number of rotatable bonds is 9. The average molecular weight is 655 g/mol. The first kappa shape index (κ1) is 36.6. The van der Waals surface area contributed by atoms with Crippen LogP contribution in [0.3, 0.4) is 0 Å². The molecule has 0 aliphatic rings. The van der Waals surface area contributed by atoms with Crippen molar-refractivity contribution >= 4 is 34.1 Å². The highest BCUT2D eigenvalue weighted by atomic mass is 35.5. The summed E-state index contributed by atoms with van der Waals surface area (Å²) in [6.07, 6.45) is -2.95. The predicted octanol–water partition coefficient (Wildman–Crippen LogP) is 7.19. The number of aryl methyl sites for hydroxylation is 2. The third kappa shape index (κ3) is 12.1. The van der Waals surface area contributed by atoms with Crippen LogP contribution in [-0.4, -0.2) is 42.9 Å². The summed E-state index contributed by atoms with van der Waals surface area (Å²) in [7, 11) is 2.93. The number of nitrogens with zero attached hydrogens (tertiary/aromatic N) is 4. The van der Waals surface area contributed by atoms with Gasteiger partial charge in [0.05, 0.1) is 23.3 Å². The second-order valence-electron chi connectivity index (χ2n) is 9.97. The van der Waals surface area contributed by atoms with Crippen molar-refractivity contribution in [2.24, 2.45) is 14.1 Å². The number of nitrogens with one attached hydrogen (secondary N) is 1. The molecule has 244 valence electrons. The zero-order valence-corrected chi connectivity index (χ0v) is 26.2. The van der Waals surface area contributed by atoms with Gasteiger partial charge in [-0.25, -0.2) is 17.6 Å². The maximum absolute atomic E-state index is 12.9. The number of ether oxygens (including phenoxy) is 2. The van der Waals surface area contributed by atoms with Crippen LogP contribution in [-0.2, 0) is 14.1 Å². The fourth-order valence-corrected chi connectivity index (χ4v) is 3.78. The van der Waals surface area contributed by atoms with E-state index in [1.165, 1.54) is 25.0 Å². The van der Waals surface area contributed by atoms with E-state index >= 15 is 0 Å². The highest BCUT2D eigenvalue weighted by Gasteiger charge is 2.23. The summed E-state index contributed by atoms with van der Waals surface area (Å²) in [5.41, 5.74) is 5.27. The maximum atomic E-state index is 12.9. The highest BCUT2D eigenvalue weighted by Crippen LogP contribution is 2.24. The van der Waals surface area contributed by atoms with Crippen LogP contribution in [0.4, 0.5) is 28.9 Å². The minimum Gasteiger partial charge on any atom is -0.491 e. The molecule has 0 fully saturated rings. The molecule has 1 amide bonds. The van der Waals surface area contributed by atoms with E-state index in [0.29, 0.717) is 11.4 Å². The number of halogens is 5. The number of alkyl halides is 4. The van der Waals surface area contributed by atoms with Crippen molar-refractivity contribution < 1.29 is 36.6 Å².